The van der Waals surface area contributed by atoms with E-state index < -0.39 is 0 Å². The van der Waals surface area contributed by atoms with Gasteiger partial charge in [0.15, 0.2) is 11.3 Å². The molecule has 4 aromatic rings. The van der Waals surface area contributed by atoms with Crippen LogP contribution in [0.15, 0.2) is 43.1 Å². The second-order valence-corrected chi connectivity index (χ2v) is 16.0. The van der Waals surface area contributed by atoms with Crippen molar-refractivity contribution in [1.29, 1.82) is 0 Å². The Morgan fingerprint density at radius 3 is 1.44 bits per heavy atom. The van der Waals surface area contributed by atoms with Gasteiger partial charge in [0, 0.05) is 47.5 Å². The van der Waals surface area contributed by atoms with Crippen LogP contribution in [-0.4, -0.2) is 65.0 Å². The lowest BCUT2D eigenvalue weighted by molar-refractivity contribution is 0.114. The summed E-state index contributed by atoms with van der Waals surface area (Å²) in [5.41, 5.74) is 1.14. The van der Waals surface area contributed by atoms with Gasteiger partial charge in [0.05, 0.1) is 22.9 Å². The Hall–Kier alpha value is -2.54. The van der Waals surface area contributed by atoms with Crippen molar-refractivity contribution in [3.05, 3.63) is 65.8 Å². The van der Waals surface area contributed by atoms with Crippen molar-refractivity contribution in [2.24, 2.45) is 11.8 Å². The van der Waals surface area contributed by atoms with Crippen molar-refractivity contribution in [3.63, 3.8) is 0 Å². The summed E-state index contributed by atoms with van der Waals surface area (Å²) in [4.78, 5) is 49.6. The van der Waals surface area contributed by atoms with E-state index in [1.807, 2.05) is 35.1 Å². The van der Waals surface area contributed by atoms with E-state index in [0.717, 1.165) is 72.5 Å². The highest BCUT2D eigenvalue weighted by atomic mass is 79.9. The molecule has 0 aromatic carbocycles. The zero-order chi connectivity index (χ0) is 35.9. The van der Waals surface area contributed by atoms with E-state index in [2.05, 4.69) is 79.3 Å². The van der Waals surface area contributed by atoms with Gasteiger partial charge >= 0.3 is 0 Å². The Balaban J connectivity index is 0.000000194. The molecule has 2 fully saturated rings. The van der Waals surface area contributed by atoms with Gasteiger partial charge in [-0.2, -0.15) is 0 Å². The maximum absolute atomic E-state index is 13.0. The highest BCUT2D eigenvalue weighted by Crippen LogP contribution is 2.31. The Bertz CT molecular complexity index is 1740. The summed E-state index contributed by atoms with van der Waals surface area (Å²) in [5.74, 6) is 3.16. The predicted molar refractivity (Wildman–Crippen MR) is 210 cm³/mol. The zero-order valence-electron chi connectivity index (χ0n) is 30.7. The van der Waals surface area contributed by atoms with Gasteiger partial charge in [-0.15, -0.1) is 0 Å². The fraction of sp³-hybridized carbons (Fsp3) is 0.632. The average Bonchev–Trinajstić information content (AvgIpc) is 3.10. The molecule has 2 aliphatic heterocycles. The Kier molecular flexibility index (Phi) is 13.8. The first kappa shape index (κ1) is 38.7. The predicted octanol–water partition coefficient (Wildman–Crippen LogP) is 8.29. The first-order valence-corrected chi connectivity index (χ1v) is 20.3. The monoisotopic (exact) mass is 812 g/mol. The standard InChI is InChI=1S/2C19H27BrN4O/c2*1-4-7-16(23-9-6-8-13(3)12-23)18-22-17-15(10-14(20)11-21-17)19(25)24(18)5-2/h2*10-11,13,16H,4-9,12H2,1-3H3/t13-,16+;13-,16-/m11/s1. The van der Waals surface area contributed by atoms with Crippen LogP contribution in [-0.2, 0) is 13.1 Å². The molecule has 0 unspecified atom stereocenters. The molecule has 0 amide bonds. The summed E-state index contributed by atoms with van der Waals surface area (Å²) in [5, 5.41) is 1.17. The molecular formula is C38H54Br2N8O2. The smallest absolute Gasteiger partial charge is 0.263 e. The zero-order valence-corrected chi connectivity index (χ0v) is 33.8. The molecular weight excluding hydrogens is 760 g/mol. The Labute approximate surface area is 313 Å². The minimum Gasteiger partial charge on any atom is -0.295 e. The van der Waals surface area contributed by atoms with Crippen LogP contribution in [0.5, 0.6) is 0 Å². The Morgan fingerprint density at radius 1 is 0.700 bits per heavy atom. The number of aromatic nitrogens is 6. The van der Waals surface area contributed by atoms with E-state index in [4.69, 9.17) is 9.97 Å². The molecule has 2 saturated heterocycles. The SMILES string of the molecule is CCC[C@@H](c1nc2ncc(Br)cc2c(=O)n1CC)N1CCC[C@@H](C)C1.CCC[C@H](c1nc2ncc(Br)cc2c(=O)n1CC)N1CCC[C@@H](C)C1. The third-order valence-corrected chi connectivity index (χ3v) is 11.1. The van der Waals surface area contributed by atoms with Crippen molar-refractivity contribution in [3.8, 4) is 0 Å². The molecule has 4 atom stereocenters. The van der Waals surface area contributed by atoms with Gasteiger partial charge in [0.25, 0.3) is 11.1 Å². The lowest BCUT2D eigenvalue weighted by Crippen LogP contribution is -2.40. The summed E-state index contributed by atoms with van der Waals surface area (Å²) < 4.78 is 5.31. The van der Waals surface area contributed by atoms with Crippen LogP contribution in [0.1, 0.15) is 117 Å². The number of rotatable bonds is 10. The van der Waals surface area contributed by atoms with Crippen LogP contribution in [0.3, 0.4) is 0 Å². The molecule has 6 rings (SSSR count). The number of hydrogen-bond donors (Lipinski definition) is 0. The number of likely N-dealkylation sites (tertiary alicyclic amines) is 2. The molecule has 272 valence electrons. The molecule has 0 saturated carbocycles. The summed E-state index contributed by atoms with van der Waals surface area (Å²) in [6.07, 6.45) is 12.6. The maximum Gasteiger partial charge on any atom is 0.263 e. The molecule has 0 N–H and O–H groups in total. The molecule has 0 bridgehead atoms. The fourth-order valence-electron chi connectivity index (χ4n) is 7.83. The van der Waals surface area contributed by atoms with Crippen LogP contribution < -0.4 is 11.1 Å². The van der Waals surface area contributed by atoms with Crippen molar-refractivity contribution >= 4 is 53.9 Å². The number of hydrogen-bond acceptors (Lipinski definition) is 8. The van der Waals surface area contributed by atoms with Crippen LogP contribution >= 0.6 is 31.9 Å². The second kappa shape index (κ2) is 17.8. The third-order valence-electron chi connectivity index (χ3n) is 10.2. The molecule has 4 aromatic heterocycles. The normalized spacial score (nSPS) is 20.1. The minimum absolute atomic E-state index is 0.0162. The topological polar surface area (TPSA) is 102 Å². The van der Waals surface area contributed by atoms with Crippen LogP contribution in [0.2, 0.25) is 0 Å². The van der Waals surface area contributed by atoms with Gasteiger partial charge < -0.3 is 0 Å². The number of nitrogens with zero attached hydrogens (tertiary/aromatic N) is 8. The first-order chi connectivity index (χ1) is 24.1. The highest BCUT2D eigenvalue weighted by molar-refractivity contribution is 9.10. The maximum atomic E-state index is 13.0. The van der Waals surface area contributed by atoms with Crippen LogP contribution in [0.4, 0.5) is 0 Å². The molecule has 10 nitrogen and oxygen atoms in total. The van der Waals surface area contributed by atoms with E-state index in [1.54, 1.807) is 12.4 Å². The molecule has 50 heavy (non-hydrogen) atoms. The number of pyridine rings is 2. The van der Waals surface area contributed by atoms with Crippen LogP contribution in [0, 0.1) is 11.8 Å². The quantitative estimate of drug-likeness (QED) is 0.158. The first-order valence-electron chi connectivity index (χ1n) is 18.7. The summed E-state index contributed by atoms with van der Waals surface area (Å²) in [6.45, 7) is 18.7. The molecule has 0 spiro atoms. The van der Waals surface area contributed by atoms with E-state index in [0.29, 0.717) is 47.0 Å². The molecule has 2 aliphatic rings. The molecule has 0 aliphatic carbocycles. The van der Waals surface area contributed by atoms with E-state index in [-0.39, 0.29) is 23.2 Å². The van der Waals surface area contributed by atoms with Gasteiger partial charge in [-0.25, -0.2) is 19.9 Å². The van der Waals surface area contributed by atoms with Crippen LogP contribution in [0.25, 0.3) is 22.1 Å². The lowest BCUT2D eigenvalue weighted by atomic mass is 9.97. The van der Waals surface area contributed by atoms with Gasteiger partial charge in [-0.3, -0.25) is 28.5 Å². The largest absolute Gasteiger partial charge is 0.295 e. The lowest BCUT2D eigenvalue weighted by Gasteiger charge is -2.37. The van der Waals surface area contributed by atoms with E-state index in [1.165, 1.54) is 25.7 Å². The number of halogens is 2. The Morgan fingerprint density at radius 2 is 1.10 bits per heavy atom. The summed E-state index contributed by atoms with van der Waals surface area (Å²) in [6, 6.07) is 4.03. The van der Waals surface area contributed by atoms with Crippen molar-refractivity contribution in [2.45, 2.75) is 118 Å². The molecule has 0 radical (unpaired) electrons. The van der Waals surface area contributed by atoms with Gasteiger partial charge in [0.1, 0.15) is 11.6 Å². The third kappa shape index (κ3) is 8.73. The number of fused-ring (bicyclic) bond motifs is 2. The van der Waals surface area contributed by atoms with Crippen molar-refractivity contribution in [1.82, 2.24) is 38.9 Å². The van der Waals surface area contributed by atoms with Gasteiger partial charge in [0.2, 0.25) is 0 Å². The fourth-order valence-corrected chi connectivity index (χ4v) is 8.49. The average molecular weight is 815 g/mol. The summed E-state index contributed by atoms with van der Waals surface area (Å²) >= 11 is 6.82. The van der Waals surface area contributed by atoms with E-state index in [9.17, 15) is 9.59 Å². The summed E-state index contributed by atoms with van der Waals surface area (Å²) in [7, 11) is 0. The number of piperidine rings is 2. The molecule has 6 heterocycles. The van der Waals surface area contributed by atoms with Crippen molar-refractivity contribution < 1.29 is 0 Å². The second-order valence-electron chi connectivity index (χ2n) is 14.2. The molecule has 12 heteroatoms. The van der Waals surface area contributed by atoms with Gasteiger partial charge in [-0.1, -0.05) is 40.5 Å². The van der Waals surface area contributed by atoms with Crippen molar-refractivity contribution in [2.75, 3.05) is 26.2 Å². The highest BCUT2D eigenvalue weighted by Gasteiger charge is 2.30. The minimum atomic E-state index is 0.0162. The van der Waals surface area contributed by atoms with E-state index >= 15 is 0 Å². The van der Waals surface area contributed by atoms with Gasteiger partial charge in [-0.05, 0) is 121 Å².